The molecule has 2 atom stereocenters. The Morgan fingerprint density at radius 1 is 1.47 bits per heavy atom. The van der Waals surface area contributed by atoms with Crippen molar-refractivity contribution in [3.63, 3.8) is 0 Å². The van der Waals surface area contributed by atoms with E-state index in [1.165, 1.54) is 26.2 Å². The SMILES string of the molecule is CC(F)c1cc(CC2CCCCN2)ccc1O. The first-order chi connectivity index (χ1) is 8.16. The van der Waals surface area contributed by atoms with Gasteiger partial charge in [-0.05, 0) is 50.4 Å². The molecular formula is C14H20FNO. The summed E-state index contributed by atoms with van der Waals surface area (Å²) in [6.07, 6.45) is 3.50. The first-order valence-electron chi connectivity index (χ1n) is 6.36. The lowest BCUT2D eigenvalue weighted by atomic mass is 9.96. The molecule has 2 rings (SSSR count). The zero-order valence-electron chi connectivity index (χ0n) is 10.2. The zero-order chi connectivity index (χ0) is 12.3. The highest BCUT2D eigenvalue weighted by atomic mass is 19.1. The van der Waals surface area contributed by atoms with Crippen LogP contribution < -0.4 is 5.32 Å². The van der Waals surface area contributed by atoms with E-state index >= 15 is 0 Å². The highest BCUT2D eigenvalue weighted by Crippen LogP contribution is 2.28. The number of hydrogen-bond acceptors (Lipinski definition) is 2. The maximum atomic E-state index is 13.3. The topological polar surface area (TPSA) is 32.3 Å². The minimum Gasteiger partial charge on any atom is -0.508 e. The molecule has 0 bridgehead atoms. The van der Waals surface area contributed by atoms with Crippen LogP contribution in [0.1, 0.15) is 43.5 Å². The fourth-order valence-electron chi connectivity index (χ4n) is 2.43. The quantitative estimate of drug-likeness (QED) is 0.846. The highest BCUT2D eigenvalue weighted by molar-refractivity contribution is 5.37. The molecule has 1 aliphatic heterocycles. The van der Waals surface area contributed by atoms with Crippen molar-refractivity contribution in [2.24, 2.45) is 0 Å². The van der Waals surface area contributed by atoms with Gasteiger partial charge >= 0.3 is 0 Å². The van der Waals surface area contributed by atoms with E-state index in [2.05, 4.69) is 5.32 Å². The monoisotopic (exact) mass is 237 g/mol. The maximum absolute atomic E-state index is 13.3. The first kappa shape index (κ1) is 12.4. The molecule has 0 saturated carbocycles. The van der Waals surface area contributed by atoms with Gasteiger partial charge in [0, 0.05) is 11.6 Å². The van der Waals surface area contributed by atoms with Gasteiger partial charge in [0.2, 0.25) is 0 Å². The second-order valence-electron chi connectivity index (χ2n) is 4.86. The normalized spacial score (nSPS) is 22.4. The number of benzene rings is 1. The molecule has 0 radical (unpaired) electrons. The minimum atomic E-state index is -1.12. The van der Waals surface area contributed by atoms with Gasteiger partial charge in [-0.3, -0.25) is 0 Å². The maximum Gasteiger partial charge on any atom is 0.126 e. The van der Waals surface area contributed by atoms with Crippen LogP contribution in [0.15, 0.2) is 18.2 Å². The number of phenols is 1. The third-order valence-corrected chi connectivity index (χ3v) is 3.41. The van der Waals surface area contributed by atoms with E-state index in [9.17, 15) is 9.50 Å². The number of hydrogen-bond donors (Lipinski definition) is 2. The summed E-state index contributed by atoms with van der Waals surface area (Å²) in [4.78, 5) is 0. The average Bonchev–Trinajstić information content (AvgIpc) is 2.32. The van der Waals surface area contributed by atoms with Crippen molar-refractivity contribution in [3.8, 4) is 5.75 Å². The summed E-state index contributed by atoms with van der Waals surface area (Å²) < 4.78 is 13.3. The largest absolute Gasteiger partial charge is 0.508 e. The zero-order valence-corrected chi connectivity index (χ0v) is 10.2. The average molecular weight is 237 g/mol. The molecular weight excluding hydrogens is 217 g/mol. The second kappa shape index (κ2) is 5.50. The van der Waals surface area contributed by atoms with E-state index in [4.69, 9.17) is 0 Å². The summed E-state index contributed by atoms with van der Waals surface area (Å²) in [6, 6.07) is 5.77. The Kier molecular flexibility index (Phi) is 4.00. The van der Waals surface area contributed by atoms with Crippen molar-refractivity contribution in [3.05, 3.63) is 29.3 Å². The standard InChI is InChI=1S/C14H20FNO/c1-10(15)13-9-11(5-6-14(13)17)8-12-4-2-3-7-16-12/h5-6,9-10,12,16-17H,2-4,7-8H2,1H3. The Balaban J connectivity index is 2.07. The van der Waals surface area contributed by atoms with E-state index in [0.717, 1.165) is 18.5 Å². The van der Waals surface area contributed by atoms with Crippen molar-refractivity contribution in [1.29, 1.82) is 0 Å². The first-order valence-corrected chi connectivity index (χ1v) is 6.36. The number of aromatic hydroxyl groups is 1. The van der Waals surface area contributed by atoms with E-state index in [0.29, 0.717) is 11.6 Å². The molecule has 0 aromatic heterocycles. The Hall–Kier alpha value is -1.09. The summed E-state index contributed by atoms with van der Waals surface area (Å²) in [6.45, 7) is 2.53. The van der Waals surface area contributed by atoms with Crippen LogP contribution in [0.25, 0.3) is 0 Å². The number of nitrogens with one attached hydrogen (secondary N) is 1. The Labute approximate surface area is 102 Å². The summed E-state index contributed by atoms with van der Waals surface area (Å²) in [5.41, 5.74) is 1.50. The van der Waals surface area contributed by atoms with Crippen LogP contribution in [0.4, 0.5) is 4.39 Å². The van der Waals surface area contributed by atoms with Gasteiger partial charge in [0.1, 0.15) is 11.9 Å². The van der Waals surface area contributed by atoms with Crippen molar-refractivity contribution >= 4 is 0 Å². The van der Waals surface area contributed by atoms with E-state index in [-0.39, 0.29) is 5.75 Å². The summed E-state index contributed by atoms with van der Waals surface area (Å²) in [5.74, 6) is 0.0559. The molecule has 2 unspecified atom stereocenters. The molecule has 2 nitrogen and oxygen atoms in total. The summed E-state index contributed by atoms with van der Waals surface area (Å²) in [5, 5.41) is 13.0. The molecule has 1 aromatic carbocycles. The number of halogens is 1. The van der Waals surface area contributed by atoms with Crippen LogP contribution in [0.5, 0.6) is 5.75 Å². The van der Waals surface area contributed by atoms with E-state index in [1.807, 2.05) is 6.07 Å². The van der Waals surface area contributed by atoms with E-state index in [1.54, 1.807) is 12.1 Å². The third kappa shape index (κ3) is 3.19. The van der Waals surface area contributed by atoms with Gasteiger partial charge in [-0.15, -0.1) is 0 Å². The second-order valence-corrected chi connectivity index (χ2v) is 4.86. The summed E-state index contributed by atoms with van der Waals surface area (Å²) in [7, 11) is 0. The van der Waals surface area contributed by atoms with Crippen LogP contribution in [-0.4, -0.2) is 17.7 Å². The minimum absolute atomic E-state index is 0.0559. The number of piperidine rings is 1. The molecule has 1 fully saturated rings. The fourth-order valence-corrected chi connectivity index (χ4v) is 2.43. The number of alkyl halides is 1. The molecule has 17 heavy (non-hydrogen) atoms. The van der Waals surface area contributed by atoms with Crippen LogP contribution in [0.3, 0.4) is 0 Å². The van der Waals surface area contributed by atoms with E-state index < -0.39 is 6.17 Å². The Morgan fingerprint density at radius 3 is 2.94 bits per heavy atom. The molecule has 94 valence electrons. The lowest BCUT2D eigenvalue weighted by molar-refractivity contribution is 0.355. The molecule has 1 aliphatic rings. The Morgan fingerprint density at radius 2 is 2.29 bits per heavy atom. The van der Waals surface area contributed by atoms with Crippen molar-refractivity contribution in [2.45, 2.75) is 44.8 Å². The smallest absolute Gasteiger partial charge is 0.126 e. The lowest BCUT2D eigenvalue weighted by Gasteiger charge is -2.23. The Bertz CT molecular complexity index is 372. The van der Waals surface area contributed by atoms with Crippen LogP contribution in [0.2, 0.25) is 0 Å². The van der Waals surface area contributed by atoms with Gasteiger partial charge in [0.05, 0.1) is 0 Å². The fraction of sp³-hybridized carbons (Fsp3) is 0.571. The molecule has 0 amide bonds. The van der Waals surface area contributed by atoms with Crippen molar-refractivity contribution < 1.29 is 9.50 Å². The number of rotatable bonds is 3. The number of phenolic OH excluding ortho intramolecular Hbond substituents is 1. The van der Waals surface area contributed by atoms with Crippen LogP contribution in [0, 0.1) is 0 Å². The van der Waals surface area contributed by atoms with Crippen molar-refractivity contribution in [1.82, 2.24) is 5.32 Å². The van der Waals surface area contributed by atoms with Gasteiger partial charge in [-0.2, -0.15) is 0 Å². The third-order valence-electron chi connectivity index (χ3n) is 3.41. The molecule has 0 aliphatic carbocycles. The molecule has 3 heteroatoms. The predicted molar refractivity (Wildman–Crippen MR) is 67.0 cm³/mol. The van der Waals surface area contributed by atoms with Crippen LogP contribution in [-0.2, 0) is 6.42 Å². The van der Waals surface area contributed by atoms with Gasteiger partial charge in [-0.1, -0.05) is 12.5 Å². The highest BCUT2D eigenvalue weighted by Gasteiger charge is 2.15. The van der Waals surface area contributed by atoms with Gasteiger partial charge in [0.15, 0.2) is 0 Å². The molecule has 1 heterocycles. The molecule has 1 saturated heterocycles. The predicted octanol–water partition coefficient (Wildman–Crippen LogP) is 3.11. The molecule has 1 aromatic rings. The molecule has 2 N–H and O–H groups in total. The molecule has 0 spiro atoms. The van der Waals surface area contributed by atoms with Gasteiger partial charge < -0.3 is 10.4 Å². The lowest BCUT2D eigenvalue weighted by Crippen LogP contribution is -2.35. The van der Waals surface area contributed by atoms with Gasteiger partial charge in [0.25, 0.3) is 0 Å². The van der Waals surface area contributed by atoms with Crippen LogP contribution >= 0.6 is 0 Å². The van der Waals surface area contributed by atoms with Gasteiger partial charge in [-0.25, -0.2) is 4.39 Å². The van der Waals surface area contributed by atoms with Crippen molar-refractivity contribution in [2.75, 3.05) is 6.54 Å². The summed E-state index contributed by atoms with van der Waals surface area (Å²) >= 11 is 0.